The lowest BCUT2D eigenvalue weighted by Crippen LogP contribution is -2.57. The van der Waals surface area contributed by atoms with E-state index >= 15 is 0 Å². The molecule has 0 unspecified atom stereocenters. The Kier molecular flexibility index (Phi) is 8.06. The first-order valence-electron chi connectivity index (χ1n) is 10.8. The highest BCUT2D eigenvalue weighted by molar-refractivity contribution is 5.98. The highest BCUT2D eigenvalue weighted by Crippen LogP contribution is 2.23. The van der Waals surface area contributed by atoms with Crippen LogP contribution in [0.2, 0.25) is 0 Å². The molecule has 0 radical (unpaired) electrons. The number of hydrogen-bond donors (Lipinski definition) is 3. The van der Waals surface area contributed by atoms with Crippen molar-refractivity contribution in [3.05, 3.63) is 35.4 Å². The highest BCUT2D eigenvalue weighted by atomic mass is 16.4. The van der Waals surface area contributed by atoms with Crippen LogP contribution in [0.4, 0.5) is 4.79 Å². The third kappa shape index (κ3) is 6.43. The zero-order valence-electron chi connectivity index (χ0n) is 19.1. The summed E-state index contributed by atoms with van der Waals surface area (Å²) in [6.45, 7) is 10.0. The average Bonchev–Trinajstić information content (AvgIpc) is 2.95. The number of benzene rings is 1. The van der Waals surface area contributed by atoms with E-state index in [1.165, 1.54) is 4.90 Å². The minimum atomic E-state index is -1.14. The molecule has 3 amide bonds. The molecule has 1 aromatic rings. The van der Waals surface area contributed by atoms with Gasteiger partial charge in [0.1, 0.15) is 6.04 Å². The van der Waals surface area contributed by atoms with Crippen LogP contribution >= 0.6 is 0 Å². The van der Waals surface area contributed by atoms with Crippen molar-refractivity contribution in [3.8, 4) is 0 Å². The number of carbonyl (C=O) groups is 3. The molecule has 0 saturated heterocycles. The van der Waals surface area contributed by atoms with Gasteiger partial charge in [0.2, 0.25) is 5.91 Å². The van der Waals surface area contributed by atoms with E-state index in [-0.39, 0.29) is 37.2 Å². The zero-order chi connectivity index (χ0) is 23.3. The van der Waals surface area contributed by atoms with Gasteiger partial charge in [0.15, 0.2) is 0 Å². The molecule has 3 N–H and O–H groups in total. The number of hydrogen-bond acceptors (Lipinski definition) is 4. The summed E-state index contributed by atoms with van der Waals surface area (Å²) < 4.78 is 0. The molecular formula is C23H35N3O5. The predicted molar refractivity (Wildman–Crippen MR) is 118 cm³/mol. The molecule has 0 bridgehead atoms. The van der Waals surface area contributed by atoms with E-state index in [9.17, 15) is 24.6 Å². The van der Waals surface area contributed by atoms with E-state index in [1.54, 1.807) is 31.7 Å². The molecule has 1 aromatic carbocycles. The second kappa shape index (κ2) is 10.1. The maximum Gasteiger partial charge on any atom is 0.408 e. The van der Waals surface area contributed by atoms with Crippen molar-refractivity contribution in [1.29, 1.82) is 0 Å². The molecule has 8 heteroatoms. The molecule has 1 heterocycles. The third-order valence-corrected chi connectivity index (χ3v) is 5.34. The van der Waals surface area contributed by atoms with Crippen molar-refractivity contribution in [2.24, 2.45) is 5.92 Å². The highest BCUT2D eigenvalue weighted by Gasteiger charge is 2.37. The molecule has 2 atom stereocenters. The first-order valence-corrected chi connectivity index (χ1v) is 10.8. The van der Waals surface area contributed by atoms with Crippen LogP contribution in [0.3, 0.4) is 0 Å². The largest absolute Gasteiger partial charge is 0.465 e. The van der Waals surface area contributed by atoms with Crippen LogP contribution in [0, 0.1) is 5.92 Å². The lowest BCUT2D eigenvalue weighted by molar-refractivity contribution is -0.128. The number of aliphatic hydroxyl groups is 1. The van der Waals surface area contributed by atoms with E-state index < -0.39 is 23.8 Å². The van der Waals surface area contributed by atoms with Crippen molar-refractivity contribution in [3.63, 3.8) is 0 Å². The number of nitrogens with one attached hydrogen (secondary N) is 1. The van der Waals surface area contributed by atoms with E-state index in [2.05, 4.69) is 5.32 Å². The number of carbonyl (C=O) groups excluding carboxylic acids is 2. The number of amides is 3. The van der Waals surface area contributed by atoms with E-state index in [1.807, 2.05) is 32.0 Å². The Morgan fingerprint density at radius 1 is 1.23 bits per heavy atom. The SMILES string of the molecule is CC(C)C[C@@H](C(=O)NCC[C@H](O)CN1Cc2ccccc2C1=O)N(C(=O)O)C(C)(C)C. The number of carboxylic acid groups (broad SMARTS) is 1. The molecule has 2 rings (SSSR count). The normalized spacial score (nSPS) is 15.6. The van der Waals surface area contributed by atoms with Crippen molar-refractivity contribution >= 4 is 17.9 Å². The van der Waals surface area contributed by atoms with Crippen molar-refractivity contribution in [2.45, 2.75) is 71.7 Å². The lowest BCUT2D eigenvalue weighted by atomic mass is 9.96. The van der Waals surface area contributed by atoms with E-state index in [4.69, 9.17) is 0 Å². The second-order valence-electron chi connectivity index (χ2n) is 9.55. The fourth-order valence-electron chi connectivity index (χ4n) is 3.95. The van der Waals surface area contributed by atoms with Gasteiger partial charge in [0.05, 0.1) is 6.10 Å². The Labute approximate surface area is 184 Å². The minimum Gasteiger partial charge on any atom is -0.465 e. The molecule has 0 saturated carbocycles. The maximum atomic E-state index is 12.8. The van der Waals surface area contributed by atoms with Crippen LogP contribution < -0.4 is 5.32 Å². The van der Waals surface area contributed by atoms with Gasteiger partial charge in [0.25, 0.3) is 5.91 Å². The first-order chi connectivity index (χ1) is 14.4. The monoisotopic (exact) mass is 433 g/mol. The summed E-state index contributed by atoms with van der Waals surface area (Å²) in [5.74, 6) is -0.339. The predicted octanol–water partition coefficient (Wildman–Crippen LogP) is 2.70. The summed E-state index contributed by atoms with van der Waals surface area (Å²) in [4.78, 5) is 39.9. The Bertz CT molecular complexity index is 803. The van der Waals surface area contributed by atoms with Gasteiger partial charge in [-0.1, -0.05) is 32.0 Å². The first kappa shape index (κ1) is 24.7. The molecule has 172 valence electrons. The van der Waals surface area contributed by atoms with Crippen LogP contribution in [-0.2, 0) is 11.3 Å². The standard InChI is InChI=1S/C23H35N3O5/c1-15(2)12-19(26(22(30)31)23(3,4)5)20(28)24-11-10-17(27)14-25-13-16-8-6-7-9-18(16)21(25)29/h6-9,15,17,19,27H,10-14H2,1-5H3,(H,24,28)(H,30,31)/t17-,19-/m0/s1. The molecule has 1 aliphatic rings. The van der Waals surface area contributed by atoms with Crippen LogP contribution in [-0.4, -0.2) is 68.7 Å². The van der Waals surface area contributed by atoms with Gasteiger partial charge >= 0.3 is 6.09 Å². The van der Waals surface area contributed by atoms with Gasteiger partial charge in [-0.15, -0.1) is 0 Å². The smallest absolute Gasteiger partial charge is 0.408 e. The Morgan fingerprint density at radius 3 is 2.42 bits per heavy atom. The fraction of sp³-hybridized carbons (Fsp3) is 0.609. The Morgan fingerprint density at radius 2 is 1.87 bits per heavy atom. The fourth-order valence-corrected chi connectivity index (χ4v) is 3.95. The topological polar surface area (TPSA) is 110 Å². The van der Waals surface area contributed by atoms with Gasteiger partial charge in [0, 0.05) is 30.7 Å². The second-order valence-corrected chi connectivity index (χ2v) is 9.55. The summed E-state index contributed by atoms with van der Waals surface area (Å²) >= 11 is 0. The summed E-state index contributed by atoms with van der Waals surface area (Å²) in [5.41, 5.74) is 0.879. The number of aliphatic hydroxyl groups excluding tert-OH is 1. The van der Waals surface area contributed by atoms with Crippen molar-refractivity contribution in [1.82, 2.24) is 15.1 Å². The van der Waals surface area contributed by atoms with Gasteiger partial charge < -0.3 is 20.4 Å². The number of rotatable bonds is 9. The van der Waals surface area contributed by atoms with E-state index in [0.29, 0.717) is 18.5 Å². The molecular weight excluding hydrogens is 398 g/mol. The molecule has 0 spiro atoms. The van der Waals surface area contributed by atoms with Crippen LogP contribution in [0.25, 0.3) is 0 Å². The van der Waals surface area contributed by atoms with Crippen LogP contribution in [0.15, 0.2) is 24.3 Å². The molecule has 1 aliphatic heterocycles. The van der Waals surface area contributed by atoms with Crippen LogP contribution in [0.1, 0.15) is 63.4 Å². The molecule has 8 nitrogen and oxygen atoms in total. The zero-order valence-corrected chi connectivity index (χ0v) is 19.1. The quantitative estimate of drug-likeness (QED) is 0.555. The third-order valence-electron chi connectivity index (χ3n) is 5.34. The summed E-state index contributed by atoms with van der Waals surface area (Å²) in [7, 11) is 0. The number of β-amino-alcohol motifs (C(OH)–C–C–N with tert-alkyl or cyclic N) is 1. The van der Waals surface area contributed by atoms with Crippen molar-refractivity contribution in [2.75, 3.05) is 13.1 Å². The minimum absolute atomic E-state index is 0.0991. The van der Waals surface area contributed by atoms with Gasteiger partial charge in [-0.05, 0) is 51.2 Å². The number of nitrogens with zero attached hydrogens (tertiary/aromatic N) is 2. The molecule has 0 aromatic heterocycles. The Balaban J connectivity index is 1.91. The molecule has 0 aliphatic carbocycles. The summed E-state index contributed by atoms with van der Waals surface area (Å²) in [6.07, 6.45) is -1.26. The average molecular weight is 434 g/mol. The lowest BCUT2D eigenvalue weighted by Gasteiger charge is -2.39. The van der Waals surface area contributed by atoms with E-state index in [0.717, 1.165) is 5.56 Å². The van der Waals surface area contributed by atoms with Crippen LogP contribution in [0.5, 0.6) is 0 Å². The summed E-state index contributed by atoms with van der Waals surface area (Å²) in [5, 5.41) is 22.8. The molecule has 0 fully saturated rings. The van der Waals surface area contributed by atoms with Crippen molar-refractivity contribution < 1.29 is 24.6 Å². The molecule has 31 heavy (non-hydrogen) atoms. The van der Waals surface area contributed by atoms with Gasteiger partial charge in [-0.25, -0.2) is 4.79 Å². The summed E-state index contributed by atoms with van der Waals surface area (Å²) in [6, 6.07) is 6.57. The Hall–Kier alpha value is -2.61. The maximum absolute atomic E-state index is 12.8. The number of fused-ring (bicyclic) bond motifs is 1. The van der Waals surface area contributed by atoms with Gasteiger partial charge in [-0.3, -0.25) is 14.5 Å². The van der Waals surface area contributed by atoms with Gasteiger partial charge in [-0.2, -0.15) is 0 Å².